The highest BCUT2D eigenvalue weighted by molar-refractivity contribution is 5.95. The molecule has 0 heterocycles. The van der Waals surface area contributed by atoms with Gasteiger partial charge in [0.15, 0.2) is 0 Å². The SMILES string of the molecule is C#Cc1ccc(NC(=O)C(CCC)(CCC)CCC)cc1. The van der Waals surface area contributed by atoms with Gasteiger partial charge in [-0.3, -0.25) is 4.79 Å². The lowest BCUT2D eigenvalue weighted by Gasteiger charge is -2.32. The minimum absolute atomic E-state index is 0.154. The molecular formula is C19H27NO. The predicted molar refractivity (Wildman–Crippen MR) is 90.2 cm³/mol. The van der Waals surface area contributed by atoms with Crippen LogP contribution >= 0.6 is 0 Å². The normalized spacial score (nSPS) is 11.0. The van der Waals surface area contributed by atoms with Gasteiger partial charge in [0.25, 0.3) is 0 Å². The van der Waals surface area contributed by atoms with Gasteiger partial charge >= 0.3 is 0 Å². The number of anilines is 1. The van der Waals surface area contributed by atoms with Crippen molar-refractivity contribution in [3.05, 3.63) is 29.8 Å². The van der Waals surface area contributed by atoms with E-state index in [2.05, 4.69) is 32.0 Å². The van der Waals surface area contributed by atoms with Crippen molar-refractivity contribution in [1.82, 2.24) is 0 Å². The van der Waals surface area contributed by atoms with Crippen LogP contribution in [0.2, 0.25) is 0 Å². The molecule has 0 aliphatic heterocycles. The van der Waals surface area contributed by atoms with E-state index in [-0.39, 0.29) is 11.3 Å². The Hall–Kier alpha value is -1.75. The lowest BCUT2D eigenvalue weighted by Crippen LogP contribution is -2.36. The fourth-order valence-electron chi connectivity index (χ4n) is 3.06. The molecule has 114 valence electrons. The van der Waals surface area contributed by atoms with Crippen molar-refractivity contribution < 1.29 is 4.79 Å². The minimum Gasteiger partial charge on any atom is -0.326 e. The highest BCUT2D eigenvalue weighted by Crippen LogP contribution is 2.36. The molecule has 0 aromatic heterocycles. The minimum atomic E-state index is -0.233. The number of rotatable bonds is 8. The van der Waals surface area contributed by atoms with Crippen LogP contribution in [0.25, 0.3) is 0 Å². The van der Waals surface area contributed by atoms with E-state index >= 15 is 0 Å². The quantitative estimate of drug-likeness (QED) is 0.670. The standard InChI is InChI=1S/C19H27NO/c1-5-13-19(14-6-2,15-7-3)18(21)20-17-11-9-16(8-4)10-12-17/h4,9-12H,5-7,13-15H2,1-3H3,(H,20,21). The first-order valence-corrected chi connectivity index (χ1v) is 8.00. The number of benzene rings is 1. The highest BCUT2D eigenvalue weighted by atomic mass is 16.2. The summed E-state index contributed by atoms with van der Waals surface area (Å²) in [4.78, 5) is 12.8. The Bertz CT molecular complexity index is 464. The molecule has 1 N–H and O–H groups in total. The van der Waals surface area contributed by atoms with Gasteiger partial charge in [0, 0.05) is 16.7 Å². The molecule has 0 aliphatic rings. The molecule has 0 aliphatic carbocycles. The third-order valence-electron chi connectivity index (χ3n) is 3.98. The average Bonchev–Trinajstić information content (AvgIpc) is 2.48. The molecule has 0 spiro atoms. The summed E-state index contributed by atoms with van der Waals surface area (Å²) in [7, 11) is 0. The number of hydrogen-bond acceptors (Lipinski definition) is 1. The molecule has 0 radical (unpaired) electrons. The van der Waals surface area contributed by atoms with Gasteiger partial charge in [-0.2, -0.15) is 0 Å². The van der Waals surface area contributed by atoms with Crippen LogP contribution in [0.15, 0.2) is 24.3 Å². The highest BCUT2D eigenvalue weighted by Gasteiger charge is 2.35. The van der Waals surface area contributed by atoms with E-state index in [9.17, 15) is 4.79 Å². The van der Waals surface area contributed by atoms with Gasteiger partial charge in [0.05, 0.1) is 0 Å². The van der Waals surface area contributed by atoms with Crippen molar-refractivity contribution >= 4 is 11.6 Å². The van der Waals surface area contributed by atoms with Crippen molar-refractivity contribution in [2.45, 2.75) is 59.3 Å². The first-order chi connectivity index (χ1) is 10.1. The van der Waals surface area contributed by atoms with Gasteiger partial charge < -0.3 is 5.32 Å². The van der Waals surface area contributed by atoms with Crippen molar-refractivity contribution in [3.63, 3.8) is 0 Å². The molecule has 1 rings (SSSR count). The van der Waals surface area contributed by atoms with Crippen LogP contribution in [0.3, 0.4) is 0 Å². The first kappa shape index (κ1) is 17.3. The van der Waals surface area contributed by atoms with Crippen LogP contribution in [-0.2, 0) is 4.79 Å². The summed E-state index contributed by atoms with van der Waals surface area (Å²) in [5.74, 6) is 2.74. The van der Waals surface area contributed by atoms with Crippen LogP contribution in [0.4, 0.5) is 5.69 Å². The Morgan fingerprint density at radius 2 is 1.52 bits per heavy atom. The van der Waals surface area contributed by atoms with Crippen LogP contribution in [-0.4, -0.2) is 5.91 Å². The van der Waals surface area contributed by atoms with Gasteiger partial charge in [-0.15, -0.1) is 6.42 Å². The van der Waals surface area contributed by atoms with Crippen molar-refractivity contribution in [1.29, 1.82) is 0 Å². The molecule has 1 aromatic carbocycles. The van der Waals surface area contributed by atoms with Gasteiger partial charge in [-0.1, -0.05) is 46.0 Å². The van der Waals surface area contributed by atoms with E-state index in [0.717, 1.165) is 49.8 Å². The first-order valence-electron chi connectivity index (χ1n) is 8.00. The van der Waals surface area contributed by atoms with Gasteiger partial charge in [-0.25, -0.2) is 0 Å². The van der Waals surface area contributed by atoms with Crippen LogP contribution in [0.5, 0.6) is 0 Å². The Kier molecular flexibility index (Phi) is 7.02. The molecule has 1 amide bonds. The summed E-state index contributed by atoms with van der Waals surface area (Å²) in [6.07, 6.45) is 11.3. The molecule has 0 saturated carbocycles. The average molecular weight is 285 g/mol. The van der Waals surface area contributed by atoms with E-state index in [1.54, 1.807) is 0 Å². The summed E-state index contributed by atoms with van der Waals surface area (Å²) in [6.45, 7) is 6.44. The smallest absolute Gasteiger partial charge is 0.230 e. The van der Waals surface area contributed by atoms with Gasteiger partial charge in [0.1, 0.15) is 0 Å². The van der Waals surface area contributed by atoms with E-state index < -0.39 is 0 Å². The second-order valence-corrected chi connectivity index (χ2v) is 5.71. The molecule has 0 bridgehead atoms. The molecule has 21 heavy (non-hydrogen) atoms. The molecule has 0 fully saturated rings. The number of carbonyl (C=O) groups excluding carboxylic acids is 1. The van der Waals surface area contributed by atoms with Gasteiger partial charge in [0.2, 0.25) is 5.91 Å². The van der Waals surface area contributed by atoms with E-state index in [1.165, 1.54) is 0 Å². The number of nitrogens with one attached hydrogen (secondary N) is 1. The third-order valence-corrected chi connectivity index (χ3v) is 3.98. The predicted octanol–water partition coefficient (Wildman–Crippen LogP) is 4.99. The van der Waals surface area contributed by atoms with Crippen LogP contribution < -0.4 is 5.32 Å². The number of amides is 1. The molecule has 2 heteroatoms. The lowest BCUT2D eigenvalue weighted by atomic mass is 9.74. The zero-order valence-electron chi connectivity index (χ0n) is 13.5. The summed E-state index contributed by atoms with van der Waals surface area (Å²) in [6, 6.07) is 7.47. The van der Waals surface area contributed by atoms with E-state index in [0.29, 0.717) is 0 Å². The lowest BCUT2D eigenvalue weighted by molar-refractivity contribution is -0.127. The number of carbonyl (C=O) groups is 1. The molecule has 1 aromatic rings. The Morgan fingerprint density at radius 3 is 1.90 bits per heavy atom. The van der Waals surface area contributed by atoms with Crippen molar-refractivity contribution in [2.24, 2.45) is 5.41 Å². The largest absolute Gasteiger partial charge is 0.326 e. The third kappa shape index (κ3) is 4.63. The Balaban J connectivity index is 2.90. The summed E-state index contributed by atoms with van der Waals surface area (Å²) < 4.78 is 0. The number of hydrogen-bond donors (Lipinski definition) is 1. The fourth-order valence-corrected chi connectivity index (χ4v) is 3.06. The number of terminal acetylenes is 1. The topological polar surface area (TPSA) is 29.1 Å². The molecule has 0 unspecified atom stereocenters. The molecule has 0 atom stereocenters. The fraction of sp³-hybridized carbons (Fsp3) is 0.526. The second kappa shape index (κ2) is 8.52. The maximum absolute atomic E-state index is 12.8. The Morgan fingerprint density at radius 1 is 1.05 bits per heavy atom. The zero-order valence-corrected chi connectivity index (χ0v) is 13.5. The van der Waals surface area contributed by atoms with Crippen LogP contribution in [0, 0.1) is 17.8 Å². The van der Waals surface area contributed by atoms with E-state index in [4.69, 9.17) is 6.42 Å². The maximum Gasteiger partial charge on any atom is 0.230 e. The van der Waals surface area contributed by atoms with Crippen molar-refractivity contribution in [3.8, 4) is 12.3 Å². The summed E-state index contributed by atoms with van der Waals surface area (Å²) >= 11 is 0. The molecular weight excluding hydrogens is 258 g/mol. The van der Waals surface area contributed by atoms with E-state index in [1.807, 2.05) is 24.3 Å². The molecule has 2 nitrogen and oxygen atoms in total. The molecule has 0 saturated heterocycles. The van der Waals surface area contributed by atoms with Crippen molar-refractivity contribution in [2.75, 3.05) is 5.32 Å². The second-order valence-electron chi connectivity index (χ2n) is 5.71. The van der Waals surface area contributed by atoms with Crippen LogP contribution in [0.1, 0.15) is 64.9 Å². The zero-order chi connectivity index (χ0) is 15.7. The summed E-state index contributed by atoms with van der Waals surface area (Å²) in [5.41, 5.74) is 1.42. The van der Waals surface area contributed by atoms with Gasteiger partial charge in [-0.05, 0) is 43.5 Å². The maximum atomic E-state index is 12.8. The summed E-state index contributed by atoms with van der Waals surface area (Å²) in [5, 5.41) is 3.08. The monoisotopic (exact) mass is 285 g/mol. The Labute approximate surface area is 129 Å².